The molecule has 0 spiro atoms. The number of rotatable bonds is 9. The Balaban J connectivity index is 1.64. The number of carbonyl (C=O) groups excluding carboxylic acids is 2. The molecule has 0 saturated heterocycles. The highest BCUT2D eigenvalue weighted by atomic mass is 35.5. The SMILES string of the molecule is CC(=O)Oc1ccc(OC(C)C(=O)Nc2cc(O)c(NCOc3c(Cl)c(Cl)c(Cl)c(Cl)c3Cl)cc2Cl)cc1C. The molecule has 3 N–H and O–H groups in total. The first-order valence-electron chi connectivity index (χ1n) is 11.0. The molecule has 3 rings (SSSR count). The molecule has 39 heavy (non-hydrogen) atoms. The van der Waals surface area contributed by atoms with E-state index in [1.807, 2.05) is 0 Å². The molecule has 0 aromatic heterocycles. The predicted octanol–water partition coefficient (Wildman–Crippen LogP) is 8.40. The van der Waals surface area contributed by atoms with Crippen molar-refractivity contribution in [3.8, 4) is 23.0 Å². The first-order chi connectivity index (χ1) is 18.3. The van der Waals surface area contributed by atoms with Crippen molar-refractivity contribution in [3.05, 3.63) is 66.0 Å². The zero-order valence-electron chi connectivity index (χ0n) is 20.4. The van der Waals surface area contributed by atoms with Crippen LogP contribution in [0.15, 0.2) is 30.3 Å². The Kier molecular flexibility index (Phi) is 10.6. The van der Waals surface area contributed by atoms with Crippen LogP contribution in [0, 0.1) is 6.92 Å². The van der Waals surface area contributed by atoms with Gasteiger partial charge < -0.3 is 30.0 Å². The molecule has 3 aromatic carbocycles. The summed E-state index contributed by atoms with van der Waals surface area (Å²) in [5.74, 6) is -0.442. The van der Waals surface area contributed by atoms with Crippen LogP contribution in [-0.2, 0) is 9.59 Å². The highest BCUT2D eigenvalue weighted by molar-refractivity contribution is 6.55. The molecule has 0 aliphatic carbocycles. The first-order valence-corrected chi connectivity index (χ1v) is 13.2. The lowest BCUT2D eigenvalue weighted by atomic mass is 10.2. The van der Waals surface area contributed by atoms with Crippen molar-refractivity contribution < 1.29 is 28.9 Å². The molecule has 0 radical (unpaired) electrons. The van der Waals surface area contributed by atoms with Crippen LogP contribution in [0.25, 0.3) is 0 Å². The number of aromatic hydroxyl groups is 1. The van der Waals surface area contributed by atoms with E-state index in [-0.39, 0.29) is 59.7 Å². The largest absolute Gasteiger partial charge is 0.506 e. The number of phenols is 1. The molecule has 14 heteroatoms. The van der Waals surface area contributed by atoms with Crippen molar-refractivity contribution in [1.29, 1.82) is 0 Å². The van der Waals surface area contributed by atoms with Gasteiger partial charge in [0.1, 0.15) is 27.3 Å². The quantitative estimate of drug-likeness (QED) is 0.0530. The van der Waals surface area contributed by atoms with Gasteiger partial charge in [-0.2, -0.15) is 0 Å². The second-order valence-corrected chi connectivity index (χ2v) is 10.3. The average Bonchev–Trinajstić information content (AvgIpc) is 2.87. The minimum Gasteiger partial charge on any atom is -0.506 e. The topological polar surface area (TPSA) is 106 Å². The Bertz CT molecular complexity index is 1410. The third-order valence-corrected chi connectivity index (χ3v) is 7.63. The van der Waals surface area contributed by atoms with Gasteiger partial charge in [-0.3, -0.25) is 9.59 Å². The summed E-state index contributed by atoms with van der Waals surface area (Å²) < 4.78 is 16.3. The molecule has 1 unspecified atom stereocenters. The number of halogens is 6. The second-order valence-electron chi connectivity index (χ2n) is 7.98. The Morgan fingerprint density at radius 1 is 0.923 bits per heavy atom. The number of ether oxygens (including phenoxy) is 3. The lowest BCUT2D eigenvalue weighted by Gasteiger charge is -2.18. The van der Waals surface area contributed by atoms with Crippen molar-refractivity contribution in [2.75, 3.05) is 17.4 Å². The van der Waals surface area contributed by atoms with Crippen LogP contribution in [0.1, 0.15) is 19.4 Å². The molecule has 1 amide bonds. The number of hydrogen-bond donors (Lipinski definition) is 3. The number of aryl methyl sites for hydroxylation is 1. The maximum absolute atomic E-state index is 12.7. The fourth-order valence-corrected chi connectivity index (χ4v) is 4.59. The number of nitrogens with one attached hydrogen (secondary N) is 2. The van der Waals surface area contributed by atoms with Crippen LogP contribution < -0.4 is 24.8 Å². The number of anilines is 2. The monoisotopic (exact) mass is 654 g/mol. The Hall–Kier alpha value is -2.46. The standard InChI is InChI=1S/C25H20Cl6N2O6/c1-10-6-13(4-5-18(10)39-12(3)34)38-11(2)25(36)33-15-8-17(35)16(7-14(15)26)32-9-37-24-22(30)20(28)19(27)21(29)23(24)31/h4-8,11,32,35H,9H2,1-3H3,(H,33,36). The molecule has 0 saturated carbocycles. The third kappa shape index (κ3) is 7.60. The molecule has 0 aliphatic rings. The predicted molar refractivity (Wildman–Crippen MR) is 155 cm³/mol. The average molecular weight is 657 g/mol. The second kappa shape index (κ2) is 13.3. The number of esters is 1. The van der Waals surface area contributed by atoms with E-state index in [2.05, 4.69) is 10.6 Å². The Labute approximate surface area is 253 Å². The van der Waals surface area contributed by atoms with E-state index in [1.165, 1.54) is 26.0 Å². The van der Waals surface area contributed by atoms with Gasteiger partial charge in [0, 0.05) is 13.0 Å². The van der Waals surface area contributed by atoms with Crippen molar-refractivity contribution >= 4 is 92.9 Å². The zero-order valence-corrected chi connectivity index (χ0v) is 25.0. The first kappa shape index (κ1) is 31.1. The Morgan fingerprint density at radius 2 is 1.54 bits per heavy atom. The molecule has 8 nitrogen and oxygen atoms in total. The highest BCUT2D eigenvalue weighted by Crippen LogP contribution is 2.48. The molecule has 208 valence electrons. The molecule has 0 fully saturated rings. The summed E-state index contributed by atoms with van der Waals surface area (Å²) in [7, 11) is 0. The van der Waals surface area contributed by atoms with Crippen molar-refractivity contribution in [2.45, 2.75) is 26.9 Å². The summed E-state index contributed by atoms with van der Waals surface area (Å²) in [5.41, 5.74) is 0.982. The molecule has 0 bridgehead atoms. The van der Waals surface area contributed by atoms with E-state index in [0.29, 0.717) is 17.1 Å². The van der Waals surface area contributed by atoms with Gasteiger partial charge in [0.15, 0.2) is 18.6 Å². The summed E-state index contributed by atoms with van der Waals surface area (Å²) in [6.07, 6.45) is -0.930. The number of amides is 1. The fourth-order valence-electron chi connectivity index (χ4n) is 3.15. The van der Waals surface area contributed by atoms with E-state index in [1.54, 1.807) is 25.1 Å². The van der Waals surface area contributed by atoms with Gasteiger partial charge >= 0.3 is 5.97 Å². The van der Waals surface area contributed by atoms with Crippen LogP contribution in [0.3, 0.4) is 0 Å². The van der Waals surface area contributed by atoms with Crippen LogP contribution in [0.2, 0.25) is 30.1 Å². The van der Waals surface area contributed by atoms with E-state index >= 15 is 0 Å². The van der Waals surface area contributed by atoms with Crippen molar-refractivity contribution in [3.63, 3.8) is 0 Å². The van der Waals surface area contributed by atoms with Crippen LogP contribution in [0.4, 0.5) is 11.4 Å². The highest BCUT2D eigenvalue weighted by Gasteiger charge is 2.21. The van der Waals surface area contributed by atoms with E-state index in [9.17, 15) is 14.7 Å². The number of carbonyl (C=O) groups is 2. The lowest BCUT2D eigenvalue weighted by molar-refractivity contribution is -0.131. The number of hydrogen-bond acceptors (Lipinski definition) is 7. The third-order valence-electron chi connectivity index (χ3n) is 5.07. The molecular weight excluding hydrogens is 637 g/mol. The van der Waals surface area contributed by atoms with Gasteiger partial charge in [0.05, 0.1) is 31.5 Å². The molecule has 3 aromatic rings. The van der Waals surface area contributed by atoms with Gasteiger partial charge in [0.2, 0.25) is 0 Å². The lowest BCUT2D eigenvalue weighted by Crippen LogP contribution is -2.30. The van der Waals surface area contributed by atoms with E-state index < -0.39 is 18.0 Å². The van der Waals surface area contributed by atoms with Crippen LogP contribution in [-0.4, -0.2) is 29.8 Å². The summed E-state index contributed by atoms with van der Waals surface area (Å²) in [5, 5.41) is 15.8. The molecule has 0 heterocycles. The zero-order chi connectivity index (χ0) is 29.0. The van der Waals surface area contributed by atoms with Crippen molar-refractivity contribution in [1.82, 2.24) is 0 Å². The van der Waals surface area contributed by atoms with Gasteiger partial charge in [0.25, 0.3) is 5.91 Å². The minimum absolute atomic E-state index is 0.00935. The summed E-state index contributed by atoms with van der Waals surface area (Å²) in [6.45, 7) is 4.36. The van der Waals surface area contributed by atoms with Gasteiger partial charge in [-0.15, -0.1) is 0 Å². The Morgan fingerprint density at radius 3 is 2.13 bits per heavy atom. The summed E-state index contributed by atoms with van der Waals surface area (Å²) >= 11 is 36.6. The maximum atomic E-state index is 12.7. The maximum Gasteiger partial charge on any atom is 0.308 e. The summed E-state index contributed by atoms with van der Waals surface area (Å²) in [6, 6.07) is 7.41. The van der Waals surface area contributed by atoms with Gasteiger partial charge in [-0.1, -0.05) is 69.6 Å². The molecular formula is C25H20Cl6N2O6. The molecule has 0 aliphatic heterocycles. The molecule has 1 atom stereocenters. The number of benzene rings is 3. The van der Waals surface area contributed by atoms with Gasteiger partial charge in [-0.05, 0) is 43.7 Å². The van der Waals surface area contributed by atoms with E-state index in [4.69, 9.17) is 83.8 Å². The van der Waals surface area contributed by atoms with Crippen LogP contribution >= 0.6 is 69.6 Å². The fraction of sp³-hybridized carbons (Fsp3) is 0.200. The number of phenolic OH excluding ortho intramolecular Hbond substituents is 1. The minimum atomic E-state index is -0.930. The van der Waals surface area contributed by atoms with E-state index in [0.717, 1.165) is 0 Å². The van der Waals surface area contributed by atoms with Crippen LogP contribution in [0.5, 0.6) is 23.0 Å². The normalized spacial score (nSPS) is 11.5. The smallest absolute Gasteiger partial charge is 0.308 e. The van der Waals surface area contributed by atoms with Gasteiger partial charge in [-0.25, -0.2) is 0 Å². The van der Waals surface area contributed by atoms with Crippen molar-refractivity contribution in [2.24, 2.45) is 0 Å². The summed E-state index contributed by atoms with van der Waals surface area (Å²) in [4.78, 5) is 23.9.